The second-order valence-corrected chi connectivity index (χ2v) is 7.65. The largest absolute Gasteiger partial charge is 0.423 e. The molecule has 2 N–H and O–H groups in total. The van der Waals surface area contributed by atoms with E-state index in [1.807, 2.05) is 49.4 Å². The fourth-order valence-electron chi connectivity index (χ4n) is 3.65. The Morgan fingerprint density at radius 2 is 1.90 bits per heavy atom. The van der Waals surface area contributed by atoms with Crippen LogP contribution in [0.1, 0.15) is 31.7 Å². The molecular weight excluding hydrogens is 380 g/mol. The molecule has 3 aromatic rings. The lowest BCUT2D eigenvalue weighted by molar-refractivity contribution is -0.120. The SMILES string of the molecule is CCC(=O)Nc1ccc(C)c(NC(=O)C2CCN(c3nc4ccccc4o3)CC2)c1. The first-order valence-electron chi connectivity index (χ1n) is 10.4. The van der Waals surface area contributed by atoms with Gasteiger partial charge in [0.1, 0.15) is 5.52 Å². The van der Waals surface area contributed by atoms with Crippen LogP contribution >= 0.6 is 0 Å². The van der Waals surface area contributed by atoms with Crippen LogP contribution in [-0.4, -0.2) is 29.9 Å². The molecule has 2 amide bonds. The molecule has 1 aromatic heterocycles. The Bertz CT molecular complexity index is 1030. The van der Waals surface area contributed by atoms with E-state index < -0.39 is 0 Å². The Kier molecular flexibility index (Phi) is 5.70. The summed E-state index contributed by atoms with van der Waals surface area (Å²) in [6, 6.07) is 13.9. The zero-order valence-electron chi connectivity index (χ0n) is 17.3. The van der Waals surface area contributed by atoms with E-state index in [4.69, 9.17) is 4.42 Å². The number of hydrogen-bond acceptors (Lipinski definition) is 5. The van der Waals surface area contributed by atoms with Crippen molar-refractivity contribution in [2.45, 2.75) is 33.1 Å². The first kappa shape index (κ1) is 19.9. The van der Waals surface area contributed by atoms with E-state index in [0.717, 1.165) is 48.3 Å². The highest BCUT2D eigenvalue weighted by atomic mass is 16.4. The van der Waals surface area contributed by atoms with Crippen LogP contribution in [0.2, 0.25) is 0 Å². The van der Waals surface area contributed by atoms with Gasteiger partial charge in [0.2, 0.25) is 11.8 Å². The number of piperidine rings is 1. The highest BCUT2D eigenvalue weighted by Crippen LogP contribution is 2.28. The molecule has 0 saturated carbocycles. The molecule has 0 radical (unpaired) electrons. The van der Waals surface area contributed by atoms with E-state index in [0.29, 0.717) is 18.1 Å². The molecule has 7 nitrogen and oxygen atoms in total. The molecule has 7 heteroatoms. The minimum atomic E-state index is -0.0704. The molecule has 0 spiro atoms. The molecule has 0 unspecified atom stereocenters. The molecule has 1 fully saturated rings. The number of rotatable bonds is 5. The van der Waals surface area contributed by atoms with E-state index in [-0.39, 0.29) is 17.7 Å². The zero-order valence-corrected chi connectivity index (χ0v) is 17.3. The lowest BCUT2D eigenvalue weighted by atomic mass is 9.96. The Morgan fingerprint density at radius 3 is 2.63 bits per heavy atom. The number of carbonyl (C=O) groups excluding carboxylic acids is 2. The van der Waals surface area contributed by atoms with Crippen molar-refractivity contribution in [3.63, 3.8) is 0 Å². The van der Waals surface area contributed by atoms with Gasteiger partial charge in [0.25, 0.3) is 6.01 Å². The average molecular weight is 406 g/mol. The summed E-state index contributed by atoms with van der Waals surface area (Å²) in [4.78, 5) is 31.1. The van der Waals surface area contributed by atoms with E-state index >= 15 is 0 Å². The summed E-state index contributed by atoms with van der Waals surface area (Å²) in [5.74, 6) is -0.115. The Morgan fingerprint density at radius 1 is 1.13 bits per heavy atom. The second-order valence-electron chi connectivity index (χ2n) is 7.65. The number of hydrogen-bond donors (Lipinski definition) is 2. The van der Waals surface area contributed by atoms with Crippen LogP contribution in [-0.2, 0) is 9.59 Å². The predicted octanol–water partition coefficient (Wildman–Crippen LogP) is 4.34. The van der Waals surface area contributed by atoms with Gasteiger partial charge in [0.05, 0.1) is 0 Å². The summed E-state index contributed by atoms with van der Waals surface area (Å²) >= 11 is 0. The molecule has 0 bridgehead atoms. The smallest absolute Gasteiger partial charge is 0.298 e. The van der Waals surface area contributed by atoms with Crippen molar-refractivity contribution in [2.75, 3.05) is 28.6 Å². The minimum Gasteiger partial charge on any atom is -0.423 e. The maximum absolute atomic E-state index is 12.8. The van der Waals surface area contributed by atoms with Crippen LogP contribution in [0.3, 0.4) is 0 Å². The van der Waals surface area contributed by atoms with Gasteiger partial charge in [0.15, 0.2) is 5.58 Å². The maximum atomic E-state index is 12.8. The minimum absolute atomic E-state index is 0.00860. The molecule has 2 heterocycles. The first-order chi connectivity index (χ1) is 14.5. The quantitative estimate of drug-likeness (QED) is 0.658. The molecule has 2 aromatic carbocycles. The van der Waals surface area contributed by atoms with Gasteiger partial charge >= 0.3 is 0 Å². The molecule has 0 aliphatic carbocycles. The van der Waals surface area contributed by atoms with Crippen molar-refractivity contribution < 1.29 is 14.0 Å². The maximum Gasteiger partial charge on any atom is 0.298 e. The third kappa shape index (κ3) is 4.30. The summed E-state index contributed by atoms with van der Waals surface area (Å²) in [6.45, 7) is 5.18. The molecule has 1 saturated heterocycles. The van der Waals surface area contributed by atoms with Crippen LogP contribution in [0.5, 0.6) is 0 Å². The number of aryl methyl sites for hydroxylation is 1. The van der Waals surface area contributed by atoms with Crippen LogP contribution in [0, 0.1) is 12.8 Å². The Hall–Kier alpha value is -3.35. The Labute approximate surface area is 175 Å². The number of aromatic nitrogens is 1. The summed E-state index contributed by atoms with van der Waals surface area (Å²) in [5.41, 5.74) is 4.00. The van der Waals surface area contributed by atoms with Crippen molar-refractivity contribution in [2.24, 2.45) is 5.92 Å². The third-order valence-electron chi connectivity index (χ3n) is 5.52. The van der Waals surface area contributed by atoms with Gasteiger partial charge in [-0.3, -0.25) is 9.59 Å². The molecule has 1 aliphatic heterocycles. The summed E-state index contributed by atoms with van der Waals surface area (Å²) in [5, 5.41) is 5.87. The number of amides is 2. The fraction of sp³-hybridized carbons (Fsp3) is 0.348. The summed E-state index contributed by atoms with van der Waals surface area (Å²) in [7, 11) is 0. The van der Waals surface area contributed by atoms with Crippen molar-refractivity contribution in [3.8, 4) is 0 Å². The monoisotopic (exact) mass is 406 g/mol. The van der Waals surface area contributed by atoms with Gasteiger partial charge < -0.3 is 20.0 Å². The van der Waals surface area contributed by atoms with Crippen LogP contribution in [0.15, 0.2) is 46.9 Å². The van der Waals surface area contributed by atoms with E-state index in [1.54, 1.807) is 6.92 Å². The molecule has 30 heavy (non-hydrogen) atoms. The van der Waals surface area contributed by atoms with Crippen LogP contribution in [0.4, 0.5) is 17.4 Å². The normalized spacial score (nSPS) is 14.7. The lowest BCUT2D eigenvalue weighted by Gasteiger charge is -2.30. The first-order valence-corrected chi connectivity index (χ1v) is 10.4. The van der Waals surface area contributed by atoms with Gasteiger partial charge in [0, 0.05) is 36.8 Å². The van der Waals surface area contributed by atoms with Crippen molar-refractivity contribution in [3.05, 3.63) is 48.0 Å². The summed E-state index contributed by atoms with van der Waals surface area (Å²) in [6.07, 6.45) is 1.87. The molecular formula is C23H26N4O3. The predicted molar refractivity (Wildman–Crippen MR) is 118 cm³/mol. The standard InChI is InChI=1S/C23H26N4O3/c1-3-21(28)24-17-9-8-15(2)19(14-17)25-22(29)16-10-12-27(13-11-16)23-26-18-6-4-5-7-20(18)30-23/h4-9,14,16H,3,10-13H2,1-2H3,(H,24,28)(H,25,29). The van der Waals surface area contributed by atoms with E-state index in [2.05, 4.69) is 20.5 Å². The average Bonchev–Trinajstić information content (AvgIpc) is 3.20. The third-order valence-corrected chi connectivity index (χ3v) is 5.52. The zero-order chi connectivity index (χ0) is 21.1. The molecule has 0 atom stereocenters. The lowest BCUT2D eigenvalue weighted by Crippen LogP contribution is -2.38. The number of anilines is 3. The number of fused-ring (bicyclic) bond motifs is 1. The van der Waals surface area contributed by atoms with Crippen molar-refractivity contribution in [1.29, 1.82) is 0 Å². The van der Waals surface area contributed by atoms with Crippen molar-refractivity contribution in [1.82, 2.24) is 4.98 Å². The number of para-hydroxylation sites is 2. The summed E-state index contributed by atoms with van der Waals surface area (Å²) < 4.78 is 5.85. The molecule has 4 rings (SSSR count). The second kappa shape index (κ2) is 8.57. The van der Waals surface area contributed by atoms with Gasteiger partial charge in [-0.15, -0.1) is 0 Å². The number of carbonyl (C=O) groups is 2. The number of nitrogens with zero attached hydrogens (tertiary/aromatic N) is 2. The fourth-order valence-corrected chi connectivity index (χ4v) is 3.65. The van der Waals surface area contributed by atoms with Gasteiger partial charge in [-0.2, -0.15) is 4.98 Å². The van der Waals surface area contributed by atoms with Gasteiger partial charge in [-0.1, -0.05) is 25.1 Å². The van der Waals surface area contributed by atoms with Crippen LogP contribution in [0.25, 0.3) is 11.1 Å². The molecule has 1 aliphatic rings. The van der Waals surface area contributed by atoms with Gasteiger partial charge in [-0.25, -0.2) is 0 Å². The molecule has 156 valence electrons. The highest BCUT2D eigenvalue weighted by molar-refractivity contribution is 5.95. The van der Waals surface area contributed by atoms with Crippen LogP contribution < -0.4 is 15.5 Å². The van der Waals surface area contributed by atoms with E-state index in [9.17, 15) is 9.59 Å². The van der Waals surface area contributed by atoms with Gasteiger partial charge in [-0.05, 0) is 49.6 Å². The topological polar surface area (TPSA) is 87.5 Å². The number of oxazole rings is 1. The number of benzene rings is 2. The number of nitrogens with one attached hydrogen (secondary N) is 2. The highest BCUT2D eigenvalue weighted by Gasteiger charge is 2.27. The van der Waals surface area contributed by atoms with E-state index in [1.165, 1.54) is 0 Å². The van der Waals surface area contributed by atoms with Crippen molar-refractivity contribution >= 4 is 40.3 Å². The Balaban J connectivity index is 1.37.